The van der Waals surface area contributed by atoms with Crippen LogP contribution in [0.1, 0.15) is 40.9 Å². The van der Waals surface area contributed by atoms with Gasteiger partial charge in [-0.05, 0) is 47.7 Å². The number of carbonyl (C=O) groups excluding carboxylic acids is 1. The van der Waals surface area contributed by atoms with Gasteiger partial charge < -0.3 is 14.8 Å². The SMILES string of the molecule is CNC(=O)[C@H](N[C@@H](CCc1ccc(C(F)(F)F)nc1)c1ccc(OC)c(OC)c1)c1ccccc1. The van der Waals surface area contributed by atoms with Gasteiger partial charge in [0.1, 0.15) is 11.7 Å². The van der Waals surface area contributed by atoms with Crippen LogP contribution in [0.2, 0.25) is 0 Å². The van der Waals surface area contributed by atoms with E-state index in [4.69, 9.17) is 9.47 Å². The number of nitrogens with zero attached hydrogens (tertiary/aromatic N) is 1. The molecule has 9 heteroatoms. The summed E-state index contributed by atoms with van der Waals surface area (Å²) in [5, 5.41) is 6.12. The van der Waals surface area contributed by atoms with E-state index in [0.29, 0.717) is 29.9 Å². The molecule has 0 fully saturated rings. The third kappa shape index (κ3) is 6.73. The van der Waals surface area contributed by atoms with Crippen molar-refractivity contribution < 1.29 is 27.4 Å². The highest BCUT2D eigenvalue weighted by Gasteiger charge is 2.32. The molecule has 0 radical (unpaired) electrons. The average Bonchev–Trinajstić information content (AvgIpc) is 2.88. The van der Waals surface area contributed by atoms with E-state index in [1.54, 1.807) is 20.2 Å². The van der Waals surface area contributed by atoms with Gasteiger partial charge in [-0.3, -0.25) is 15.1 Å². The van der Waals surface area contributed by atoms with Gasteiger partial charge in [0.2, 0.25) is 5.91 Å². The molecule has 1 aromatic heterocycles. The molecule has 0 aliphatic carbocycles. The van der Waals surface area contributed by atoms with Crippen molar-refractivity contribution in [3.8, 4) is 11.5 Å². The summed E-state index contributed by atoms with van der Waals surface area (Å²) in [7, 11) is 4.65. The quantitative estimate of drug-likeness (QED) is 0.427. The van der Waals surface area contributed by atoms with Crippen LogP contribution in [0.5, 0.6) is 11.5 Å². The van der Waals surface area contributed by atoms with Crippen molar-refractivity contribution in [2.75, 3.05) is 21.3 Å². The van der Waals surface area contributed by atoms with E-state index >= 15 is 0 Å². The first kappa shape index (κ1) is 26.0. The van der Waals surface area contributed by atoms with Crippen molar-refractivity contribution in [3.63, 3.8) is 0 Å². The first-order valence-corrected chi connectivity index (χ1v) is 11.0. The summed E-state index contributed by atoms with van der Waals surface area (Å²) in [6.07, 6.45) is -2.32. The fraction of sp³-hybridized carbons (Fsp3) is 0.308. The standard InChI is InChI=1S/C26H28F3N3O3/c1-30-25(33)24(18-7-5-4-6-8-18)32-20(19-11-13-21(34-2)22(15-19)35-3)12-9-17-10-14-23(31-16-17)26(27,28)29/h4-8,10-11,13-16,20,24,32H,9,12H2,1-3H3,(H,30,33)/t20-,24+/m0/s1. The third-order valence-electron chi connectivity index (χ3n) is 5.66. The molecule has 2 N–H and O–H groups in total. The topological polar surface area (TPSA) is 72.5 Å². The summed E-state index contributed by atoms with van der Waals surface area (Å²) in [4.78, 5) is 16.3. The molecule has 2 aromatic carbocycles. The zero-order valence-electron chi connectivity index (χ0n) is 19.7. The monoisotopic (exact) mass is 487 g/mol. The summed E-state index contributed by atoms with van der Waals surface area (Å²) in [6.45, 7) is 0. The lowest BCUT2D eigenvalue weighted by atomic mass is 9.96. The van der Waals surface area contributed by atoms with Gasteiger partial charge >= 0.3 is 6.18 Å². The second kappa shape index (κ2) is 11.7. The second-order valence-electron chi connectivity index (χ2n) is 7.88. The number of pyridine rings is 1. The van der Waals surface area contributed by atoms with E-state index in [2.05, 4.69) is 15.6 Å². The molecule has 0 saturated carbocycles. The summed E-state index contributed by atoms with van der Waals surface area (Å²) in [6, 6.07) is 16.2. The maximum atomic E-state index is 12.9. The fourth-order valence-electron chi connectivity index (χ4n) is 3.78. The molecule has 1 heterocycles. The van der Waals surface area contributed by atoms with Crippen LogP contribution >= 0.6 is 0 Å². The number of ether oxygens (including phenoxy) is 2. The van der Waals surface area contributed by atoms with Crippen molar-refractivity contribution in [1.29, 1.82) is 0 Å². The third-order valence-corrected chi connectivity index (χ3v) is 5.66. The van der Waals surface area contributed by atoms with Crippen LogP contribution in [0.15, 0.2) is 66.9 Å². The number of carbonyl (C=O) groups is 1. The molecule has 3 rings (SSSR count). The predicted molar refractivity (Wildman–Crippen MR) is 126 cm³/mol. The summed E-state index contributed by atoms with van der Waals surface area (Å²) in [5.41, 5.74) is 1.35. The van der Waals surface area contributed by atoms with Gasteiger partial charge in [0.15, 0.2) is 11.5 Å². The molecule has 0 aliphatic rings. The van der Waals surface area contributed by atoms with Gasteiger partial charge in [-0.25, -0.2) is 0 Å². The number of hydrogen-bond donors (Lipinski definition) is 2. The molecule has 6 nitrogen and oxygen atoms in total. The Morgan fingerprint density at radius 1 is 0.971 bits per heavy atom. The Bertz CT molecular complexity index is 1110. The number of likely N-dealkylation sites (N-methyl/N-ethyl adjacent to an activating group) is 1. The smallest absolute Gasteiger partial charge is 0.433 e. The number of alkyl halides is 3. The molecule has 186 valence electrons. The lowest BCUT2D eigenvalue weighted by Crippen LogP contribution is -2.38. The lowest BCUT2D eigenvalue weighted by molar-refractivity contribution is -0.141. The van der Waals surface area contributed by atoms with E-state index in [1.165, 1.54) is 19.4 Å². The first-order valence-electron chi connectivity index (χ1n) is 11.0. The Kier molecular flexibility index (Phi) is 8.70. The van der Waals surface area contributed by atoms with Gasteiger partial charge in [0.05, 0.1) is 14.2 Å². The number of aromatic nitrogens is 1. The normalized spacial score (nSPS) is 13.1. The van der Waals surface area contributed by atoms with Crippen LogP contribution in [-0.4, -0.2) is 32.2 Å². The van der Waals surface area contributed by atoms with E-state index in [9.17, 15) is 18.0 Å². The minimum Gasteiger partial charge on any atom is -0.493 e. The van der Waals surface area contributed by atoms with Crippen LogP contribution in [-0.2, 0) is 17.4 Å². The fourth-order valence-corrected chi connectivity index (χ4v) is 3.78. The number of hydrogen-bond acceptors (Lipinski definition) is 5. The highest BCUT2D eigenvalue weighted by Crippen LogP contribution is 2.33. The number of halogens is 3. The van der Waals surface area contributed by atoms with E-state index < -0.39 is 17.9 Å². The predicted octanol–water partition coefficient (Wildman–Crippen LogP) is 4.87. The molecule has 0 unspecified atom stereocenters. The van der Waals surface area contributed by atoms with Crippen LogP contribution in [0, 0.1) is 0 Å². The van der Waals surface area contributed by atoms with Crippen LogP contribution in [0.4, 0.5) is 13.2 Å². The lowest BCUT2D eigenvalue weighted by Gasteiger charge is -2.26. The molecular formula is C26H28F3N3O3. The number of rotatable bonds is 10. The maximum Gasteiger partial charge on any atom is 0.433 e. The van der Waals surface area contributed by atoms with Crippen molar-refractivity contribution in [3.05, 3.63) is 89.2 Å². The number of methoxy groups -OCH3 is 2. The van der Waals surface area contributed by atoms with Crippen LogP contribution in [0.3, 0.4) is 0 Å². The van der Waals surface area contributed by atoms with E-state index in [-0.39, 0.29) is 11.9 Å². The molecular weight excluding hydrogens is 459 g/mol. The summed E-state index contributed by atoms with van der Waals surface area (Å²) >= 11 is 0. The number of nitrogens with one attached hydrogen (secondary N) is 2. The van der Waals surface area contributed by atoms with Crippen molar-refractivity contribution in [1.82, 2.24) is 15.6 Å². The minimum atomic E-state index is -4.49. The van der Waals surface area contributed by atoms with E-state index in [0.717, 1.165) is 17.2 Å². The Morgan fingerprint density at radius 3 is 2.26 bits per heavy atom. The van der Waals surface area contributed by atoms with Gasteiger partial charge in [0, 0.05) is 19.3 Å². The molecule has 35 heavy (non-hydrogen) atoms. The van der Waals surface area contributed by atoms with Crippen LogP contribution < -0.4 is 20.1 Å². The van der Waals surface area contributed by atoms with Gasteiger partial charge in [0.25, 0.3) is 0 Å². The Labute approximate surface area is 202 Å². The molecule has 2 atom stereocenters. The maximum absolute atomic E-state index is 12.9. The number of benzene rings is 2. The molecule has 0 bridgehead atoms. The first-order chi connectivity index (χ1) is 16.8. The highest BCUT2D eigenvalue weighted by atomic mass is 19.4. The Morgan fingerprint density at radius 2 is 1.69 bits per heavy atom. The largest absolute Gasteiger partial charge is 0.493 e. The number of amides is 1. The van der Waals surface area contributed by atoms with Gasteiger partial charge in [-0.15, -0.1) is 0 Å². The molecule has 1 amide bonds. The van der Waals surface area contributed by atoms with E-state index in [1.807, 2.05) is 42.5 Å². The molecule has 3 aromatic rings. The Hall–Kier alpha value is -3.59. The highest BCUT2D eigenvalue weighted by molar-refractivity contribution is 5.83. The minimum absolute atomic E-state index is 0.210. The zero-order chi connectivity index (χ0) is 25.4. The van der Waals surface area contributed by atoms with Crippen molar-refractivity contribution in [2.45, 2.75) is 31.1 Å². The van der Waals surface area contributed by atoms with Crippen molar-refractivity contribution >= 4 is 5.91 Å². The second-order valence-corrected chi connectivity index (χ2v) is 7.88. The van der Waals surface area contributed by atoms with Crippen molar-refractivity contribution in [2.24, 2.45) is 0 Å². The summed E-state index contributed by atoms with van der Waals surface area (Å²) < 4.78 is 49.4. The van der Waals surface area contributed by atoms with Gasteiger partial charge in [-0.2, -0.15) is 13.2 Å². The van der Waals surface area contributed by atoms with Crippen LogP contribution in [0.25, 0.3) is 0 Å². The number of aryl methyl sites for hydroxylation is 1. The Balaban J connectivity index is 1.91. The zero-order valence-corrected chi connectivity index (χ0v) is 19.7. The average molecular weight is 488 g/mol. The summed E-state index contributed by atoms with van der Waals surface area (Å²) in [5.74, 6) is 0.884. The van der Waals surface area contributed by atoms with Gasteiger partial charge in [-0.1, -0.05) is 42.5 Å². The molecule has 0 aliphatic heterocycles. The molecule has 0 spiro atoms. The molecule has 0 saturated heterocycles.